The van der Waals surface area contributed by atoms with Crippen LogP contribution in [0, 0.1) is 0 Å². The number of hydrogen-bond acceptors (Lipinski definition) is 4. The topological polar surface area (TPSA) is 43.4 Å². The first-order valence-electron chi connectivity index (χ1n) is 3.95. The molecule has 0 heterocycles. The highest BCUT2D eigenvalue weighted by Crippen LogP contribution is 2.13. The first-order chi connectivity index (χ1) is 6.69. The molecule has 14 heavy (non-hydrogen) atoms. The third kappa shape index (κ3) is 2.35. The summed E-state index contributed by atoms with van der Waals surface area (Å²) in [5.41, 5.74) is 0.394. The number of ether oxygens (including phenoxy) is 1. The molecule has 1 rings (SSSR count). The van der Waals surface area contributed by atoms with Gasteiger partial charge in [-0.2, -0.15) is 0 Å². The molecule has 0 saturated heterocycles. The van der Waals surface area contributed by atoms with Gasteiger partial charge in [0.05, 0.1) is 7.11 Å². The zero-order chi connectivity index (χ0) is 10.6. The van der Waals surface area contributed by atoms with E-state index in [4.69, 9.17) is 4.74 Å². The molecule has 0 aliphatic heterocycles. The van der Waals surface area contributed by atoms with Gasteiger partial charge in [-0.15, -0.1) is 0 Å². The molecule has 0 fully saturated rings. The lowest BCUT2D eigenvalue weighted by Crippen LogP contribution is -2.09. The van der Waals surface area contributed by atoms with E-state index in [0.29, 0.717) is 11.3 Å². The van der Waals surface area contributed by atoms with Gasteiger partial charge in [0.2, 0.25) is 5.78 Å². The number of Topliss-reactive ketones (excluding diaryl/α,β-unsaturated/α-hetero) is 1. The lowest BCUT2D eigenvalue weighted by molar-refractivity contribution is -0.107. The minimum Gasteiger partial charge on any atom is -0.497 e. The van der Waals surface area contributed by atoms with Crippen LogP contribution in [0.1, 0.15) is 10.4 Å². The van der Waals surface area contributed by atoms with Crippen LogP contribution in [0.5, 0.6) is 5.75 Å². The largest absolute Gasteiger partial charge is 0.497 e. The summed E-state index contributed by atoms with van der Waals surface area (Å²) in [5, 5.41) is -0.449. The second-order valence-electron chi connectivity index (χ2n) is 2.55. The van der Waals surface area contributed by atoms with Gasteiger partial charge >= 0.3 is 0 Å². The van der Waals surface area contributed by atoms with Crippen LogP contribution in [0.15, 0.2) is 24.3 Å². The molecular weight excluding hydrogens is 200 g/mol. The summed E-state index contributed by atoms with van der Waals surface area (Å²) in [4.78, 5) is 22.4. The van der Waals surface area contributed by atoms with Crippen LogP contribution in [0.3, 0.4) is 0 Å². The Kier molecular flexibility index (Phi) is 3.71. The lowest BCUT2D eigenvalue weighted by atomic mass is 10.1. The summed E-state index contributed by atoms with van der Waals surface area (Å²) in [7, 11) is 1.55. The summed E-state index contributed by atoms with van der Waals surface area (Å²) < 4.78 is 4.93. The van der Waals surface area contributed by atoms with Gasteiger partial charge in [0.1, 0.15) is 5.75 Å². The lowest BCUT2D eigenvalue weighted by Gasteiger charge is -2.00. The van der Waals surface area contributed by atoms with Crippen molar-refractivity contribution in [3.63, 3.8) is 0 Å². The van der Waals surface area contributed by atoms with Crippen molar-refractivity contribution in [3.8, 4) is 5.75 Å². The van der Waals surface area contributed by atoms with E-state index >= 15 is 0 Å². The van der Waals surface area contributed by atoms with E-state index in [1.54, 1.807) is 37.6 Å². The van der Waals surface area contributed by atoms with Gasteiger partial charge in [-0.05, 0) is 30.5 Å². The van der Waals surface area contributed by atoms with Gasteiger partial charge < -0.3 is 4.74 Å². The Balaban J connectivity index is 2.87. The molecule has 3 nitrogen and oxygen atoms in total. The monoisotopic (exact) mass is 210 g/mol. The quantitative estimate of drug-likeness (QED) is 0.563. The highest BCUT2D eigenvalue weighted by Gasteiger charge is 2.14. The van der Waals surface area contributed by atoms with Crippen molar-refractivity contribution in [3.05, 3.63) is 29.8 Å². The molecule has 4 heteroatoms. The number of carbonyl (C=O) groups excluding carboxylic acids is 2. The summed E-state index contributed by atoms with van der Waals surface area (Å²) in [6.07, 6.45) is 1.59. The van der Waals surface area contributed by atoms with E-state index in [9.17, 15) is 9.59 Å². The SMILES string of the molecule is COc1ccc(C(=O)C(=O)SC)cc1. The molecule has 1 aromatic carbocycles. The van der Waals surface area contributed by atoms with Crippen molar-refractivity contribution in [2.75, 3.05) is 13.4 Å². The van der Waals surface area contributed by atoms with Gasteiger partial charge in [0, 0.05) is 5.56 Å². The number of carbonyl (C=O) groups is 2. The fourth-order valence-electron chi connectivity index (χ4n) is 0.953. The summed E-state index contributed by atoms with van der Waals surface area (Å²) in [6, 6.07) is 6.46. The molecule has 0 aliphatic carbocycles. The Morgan fingerprint density at radius 3 is 2.21 bits per heavy atom. The third-order valence-electron chi connectivity index (χ3n) is 1.72. The highest BCUT2D eigenvalue weighted by atomic mass is 32.2. The standard InChI is InChI=1S/C10H10O3S/c1-13-8-5-3-7(4-6-8)9(11)10(12)14-2/h3-6H,1-2H3. The van der Waals surface area contributed by atoms with Crippen molar-refractivity contribution >= 4 is 22.7 Å². The van der Waals surface area contributed by atoms with Crippen molar-refractivity contribution < 1.29 is 14.3 Å². The Hall–Kier alpha value is -1.29. The van der Waals surface area contributed by atoms with Crippen molar-refractivity contribution in [1.29, 1.82) is 0 Å². The molecule has 0 aliphatic rings. The van der Waals surface area contributed by atoms with E-state index in [-0.39, 0.29) is 0 Å². The summed E-state index contributed by atoms with van der Waals surface area (Å²) >= 11 is 0.918. The van der Waals surface area contributed by atoms with Crippen molar-refractivity contribution in [2.45, 2.75) is 0 Å². The first kappa shape index (κ1) is 10.8. The maximum atomic E-state index is 11.4. The van der Waals surface area contributed by atoms with Crippen LogP contribution in [-0.2, 0) is 4.79 Å². The van der Waals surface area contributed by atoms with Crippen LogP contribution in [0.4, 0.5) is 0 Å². The second-order valence-corrected chi connectivity index (χ2v) is 3.33. The average Bonchev–Trinajstić information content (AvgIpc) is 2.27. The van der Waals surface area contributed by atoms with Gasteiger partial charge in [0.25, 0.3) is 5.12 Å². The van der Waals surface area contributed by atoms with Gasteiger partial charge in [0.15, 0.2) is 0 Å². The molecule has 0 unspecified atom stereocenters. The zero-order valence-corrected chi connectivity index (χ0v) is 8.76. The second kappa shape index (κ2) is 4.81. The molecule has 0 saturated carbocycles. The Morgan fingerprint density at radius 2 is 1.79 bits per heavy atom. The fourth-order valence-corrected chi connectivity index (χ4v) is 1.26. The van der Waals surface area contributed by atoms with Crippen LogP contribution < -0.4 is 4.74 Å². The predicted molar refractivity (Wildman–Crippen MR) is 55.8 cm³/mol. The van der Waals surface area contributed by atoms with Crippen LogP contribution in [-0.4, -0.2) is 24.3 Å². The third-order valence-corrected chi connectivity index (χ3v) is 2.28. The molecule has 0 radical (unpaired) electrons. The van der Waals surface area contributed by atoms with E-state index in [1.165, 1.54) is 0 Å². The predicted octanol–water partition coefficient (Wildman–Crippen LogP) is 1.77. The molecule has 74 valence electrons. The Bertz CT molecular complexity index is 343. The minimum atomic E-state index is -0.472. The van der Waals surface area contributed by atoms with Crippen LogP contribution in [0.25, 0.3) is 0 Å². The molecule has 0 aromatic heterocycles. The molecule has 0 atom stereocenters. The molecule has 0 amide bonds. The fraction of sp³-hybridized carbons (Fsp3) is 0.200. The summed E-state index contributed by atoms with van der Waals surface area (Å²) in [5.74, 6) is 0.193. The maximum Gasteiger partial charge on any atom is 0.259 e. The molecule has 0 N–H and O–H groups in total. The number of hydrogen-bond donors (Lipinski definition) is 0. The van der Waals surface area contributed by atoms with E-state index in [1.807, 2.05) is 0 Å². The summed E-state index contributed by atoms with van der Waals surface area (Å²) in [6.45, 7) is 0. The number of rotatable bonds is 3. The zero-order valence-electron chi connectivity index (χ0n) is 7.94. The first-order valence-corrected chi connectivity index (χ1v) is 5.18. The van der Waals surface area contributed by atoms with Gasteiger partial charge in [-0.25, -0.2) is 0 Å². The molecular formula is C10H10O3S. The molecule has 1 aromatic rings. The Labute approximate surface area is 86.5 Å². The van der Waals surface area contributed by atoms with Crippen LogP contribution in [0.2, 0.25) is 0 Å². The Morgan fingerprint density at radius 1 is 1.21 bits per heavy atom. The maximum absolute atomic E-state index is 11.4. The minimum absolute atomic E-state index is 0.394. The van der Waals surface area contributed by atoms with E-state index < -0.39 is 10.9 Å². The number of methoxy groups -OCH3 is 1. The molecule has 0 bridgehead atoms. The van der Waals surface area contributed by atoms with Crippen molar-refractivity contribution in [1.82, 2.24) is 0 Å². The van der Waals surface area contributed by atoms with E-state index in [0.717, 1.165) is 11.8 Å². The normalized spacial score (nSPS) is 9.57. The van der Waals surface area contributed by atoms with Crippen molar-refractivity contribution in [2.24, 2.45) is 0 Å². The number of thioether (sulfide) groups is 1. The number of ketones is 1. The highest BCUT2D eigenvalue weighted by molar-refractivity contribution is 8.14. The van der Waals surface area contributed by atoms with Gasteiger partial charge in [-0.1, -0.05) is 11.8 Å². The van der Waals surface area contributed by atoms with E-state index in [2.05, 4.69) is 0 Å². The smallest absolute Gasteiger partial charge is 0.259 e. The van der Waals surface area contributed by atoms with Crippen LogP contribution >= 0.6 is 11.8 Å². The molecule has 0 spiro atoms. The van der Waals surface area contributed by atoms with Gasteiger partial charge in [-0.3, -0.25) is 9.59 Å². The number of benzene rings is 1. The average molecular weight is 210 g/mol.